The number of hydrogen-bond acceptors (Lipinski definition) is 8. The Morgan fingerprint density at radius 2 is 1.89 bits per heavy atom. The van der Waals surface area contributed by atoms with Crippen LogP contribution >= 0.6 is 0 Å². The molecule has 3 aromatic rings. The summed E-state index contributed by atoms with van der Waals surface area (Å²) in [6, 6.07) is 7.50. The number of methoxy groups -OCH3 is 1. The zero-order valence-electron chi connectivity index (χ0n) is 22.9. The number of Topliss-reactive ketones (excluding diaryl/α,β-unsaturated/α-hetero) is 1. The Morgan fingerprint density at radius 3 is 2.58 bits per heavy atom. The van der Waals surface area contributed by atoms with Crippen molar-refractivity contribution in [3.8, 4) is 11.6 Å². The number of nitrogens with zero attached hydrogens (tertiary/aromatic N) is 5. The highest BCUT2D eigenvalue weighted by Gasteiger charge is 2.29. The fraction of sp³-hybridized carbons (Fsp3) is 0.571. The Labute approximate surface area is 223 Å². The molecule has 5 rings (SSSR count). The highest BCUT2D eigenvalue weighted by atomic mass is 16.5. The van der Waals surface area contributed by atoms with Gasteiger partial charge in [-0.2, -0.15) is 0 Å². The third-order valence-electron chi connectivity index (χ3n) is 7.38. The lowest BCUT2D eigenvalue weighted by Crippen LogP contribution is -2.42. The molecule has 2 fully saturated rings. The molecule has 10 nitrogen and oxygen atoms in total. The van der Waals surface area contributed by atoms with E-state index in [4.69, 9.17) is 19.9 Å². The van der Waals surface area contributed by atoms with Crippen molar-refractivity contribution < 1.29 is 23.7 Å². The number of rotatable bonds is 7. The molecular weight excluding hydrogens is 484 g/mol. The maximum atomic E-state index is 13.6. The predicted molar refractivity (Wildman–Crippen MR) is 144 cm³/mol. The van der Waals surface area contributed by atoms with Crippen LogP contribution in [0.4, 0.5) is 11.6 Å². The van der Waals surface area contributed by atoms with Gasteiger partial charge in [-0.05, 0) is 43.2 Å². The molecule has 0 amide bonds. The Morgan fingerprint density at radius 1 is 1.16 bits per heavy atom. The van der Waals surface area contributed by atoms with Crippen LogP contribution in [0.25, 0.3) is 5.65 Å². The van der Waals surface area contributed by atoms with Crippen LogP contribution in [-0.2, 0) is 16.7 Å². The first-order valence-electron chi connectivity index (χ1n) is 13.5. The number of nitrogen functional groups attached to an aromatic ring is 1. The van der Waals surface area contributed by atoms with Crippen LogP contribution in [0.1, 0.15) is 68.8 Å². The standard InChI is InChI=1S/C28H38N6O4/c1-28(2,3)21-16-19(17-22(26(21)36-4)32-12-14-37-15-13-32)23(35)18-33-27(29)34-24(30-33)10-11-25(31-34)38-20-8-6-5-7-9-20/h10-11,16-17,20,29H,5-9,12-15,18H2,1-4H3/p+1. The SMILES string of the molecule is COc1c(N2CCOCC2)cc(C(=O)C[n+]2nc3ccc(OC4CCCCC4)nn3c2N)cc1C(C)(C)C. The summed E-state index contributed by atoms with van der Waals surface area (Å²) < 4.78 is 20.6. The molecule has 0 atom stereocenters. The van der Waals surface area contributed by atoms with E-state index >= 15 is 0 Å². The van der Waals surface area contributed by atoms with Crippen LogP contribution in [0, 0.1) is 0 Å². The van der Waals surface area contributed by atoms with Crippen LogP contribution in [-0.4, -0.2) is 60.0 Å². The van der Waals surface area contributed by atoms with Gasteiger partial charge in [-0.25, -0.2) is 0 Å². The number of hydrogen-bond donors (Lipinski definition) is 1. The van der Waals surface area contributed by atoms with Gasteiger partial charge in [0.25, 0.3) is 5.65 Å². The van der Waals surface area contributed by atoms with E-state index in [1.165, 1.54) is 23.9 Å². The van der Waals surface area contributed by atoms with Gasteiger partial charge < -0.3 is 19.1 Å². The maximum Gasteiger partial charge on any atom is 0.401 e. The Hall–Kier alpha value is -3.40. The fourth-order valence-corrected chi connectivity index (χ4v) is 5.27. The second-order valence-corrected chi connectivity index (χ2v) is 11.2. The first-order chi connectivity index (χ1) is 18.2. The van der Waals surface area contributed by atoms with Crippen molar-refractivity contribution >= 4 is 23.1 Å². The van der Waals surface area contributed by atoms with Crippen LogP contribution in [0.5, 0.6) is 11.6 Å². The van der Waals surface area contributed by atoms with E-state index in [1.807, 2.05) is 24.3 Å². The van der Waals surface area contributed by atoms with Crippen LogP contribution < -0.4 is 24.8 Å². The Bertz CT molecular complexity index is 1300. The molecule has 0 radical (unpaired) electrons. The predicted octanol–water partition coefficient (Wildman–Crippen LogP) is 3.34. The largest absolute Gasteiger partial charge is 0.494 e. The average molecular weight is 524 g/mol. The first-order valence-corrected chi connectivity index (χ1v) is 13.5. The number of carbonyl (C=O) groups is 1. The first kappa shape index (κ1) is 26.2. The van der Waals surface area contributed by atoms with Gasteiger partial charge in [0.15, 0.2) is 12.3 Å². The van der Waals surface area contributed by atoms with Crippen molar-refractivity contribution in [3.63, 3.8) is 0 Å². The minimum atomic E-state index is -0.226. The summed E-state index contributed by atoms with van der Waals surface area (Å²) in [6.45, 7) is 9.11. The lowest BCUT2D eigenvalue weighted by atomic mass is 9.84. The monoisotopic (exact) mass is 523 g/mol. The molecule has 0 unspecified atom stereocenters. The number of aromatic nitrogens is 4. The highest BCUT2D eigenvalue weighted by Crippen LogP contribution is 2.40. The third kappa shape index (κ3) is 5.41. The number of morpholine rings is 1. The Kier molecular flexibility index (Phi) is 7.43. The number of fused-ring (bicyclic) bond motifs is 1. The number of ketones is 1. The van der Waals surface area contributed by atoms with E-state index in [1.54, 1.807) is 11.6 Å². The number of anilines is 2. The molecule has 38 heavy (non-hydrogen) atoms. The molecule has 1 aliphatic carbocycles. The molecule has 204 valence electrons. The molecule has 2 N–H and O–H groups in total. The summed E-state index contributed by atoms with van der Waals surface area (Å²) >= 11 is 0. The summed E-state index contributed by atoms with van der Waals surface area (Å²) in [5.74, 6) is 1.50. The van der Waals surface area contributed by atoms with Gasteiger partial charge in [-0.15, -0.1) is 4.68 Å². The number of ether oxygens (including phenoxy) is 3. The number of carbonyl (C=O) groups excluding carboxylic acids is 1. The summed E-state index contributed by atoms with van der Waals surface area (Å²) in [5.41, 5.74) is 9.22. The molecule has 3 heterocycles. The van der Waals surface area contributed by atoms with Gasteiger partial charge in [0.1, 0.15) is 11.9 Å². The minimum Gasteiger partial charge on any atom is -0.494 e. The molecular formula is C28H39N6O4+. The molecule has 0 spiro atoms. The Balaban J connectivity index is 1.44. The maximum absolute atomic E-state index is 13.6. The molecule has 2 aromatic heterocycles. The van der Waals surface area contributed by atoms with Crippen molar-refractivity contribution in [2.45, 2.75) is 70.9 Å². The second kappa shape index (κ2) is 10.8. The van der Waals surface area contributed by atoms with Gasteiger partial charge in [0.05, 0.1) is 26.0 Å². The van der Waals surface area contributed by atoms with Crippen LogP contribution in [0.15, 0.2) is 24.3 Å². The molecule has 1 aromatic carbocycles. The molecule has 2 aliphatic rings. The van der Waals surface area contributed by atoms with Gasteiger partial charge in [0.2, 0.25) is 5.88 Å². The average Bonchev–Trinajstić information content (AvgIpc) is 3.22. The smallest absolute Gasteiger partial charge is 0.401 e. The van der Waals surface area contributed by atoms with E-state index in [9.17, 15) is 4.79 Å². The zero-order valence-corrected chi connectivity index (χ0v) is 22.9. The summed E-state index contributed by atoms with van der Waals surface area (Å²) in [7, 11) is 1.68. The molecule has 10 heteroatoms. The van der Waals surface area contributed by atoms with E-state index in [0.717, 1.165) is 42.9 Å². The van der Waals surface area contributed by atoms with Gasteiger partial charge in [-0.1, -0.05) is 41.9 Å². The molecule has 1 saturated carbocycles. The van der Waals surface area contributed by atoms with Crippen molar-refractivity contribution in [2.75, 3.05) is 44.0 Å². The molecule has 0 bridgehead atoms. The van der Waals surface area contributed by atoms with Crippen molar-refractivity contribution in [1.29, 1.82) is 0 Å². The second-order valence-electron chi connectivity index (χ2n) is 11.2. The van der Waals surface area contributed by atoms with Crippen molar-refractivity contribution in [3.05, 3.63) is 35.4 Å². The van der Waals surface area contributed by atoms with Gasteiger partial charge >= 0.3 is 5.95 Å². The van der Waals surface area contributed by atoms with Crippen molar-refractivity contribution in [1.82, 2.24) is 14.7 Å². The molecule has 1 saturated heterocycles. The highest BCUT2D eigenvalue weighted by molar-refractivity contribution is 5.97. The van der Waals surface area contributed by atoms with Crippen LogP contribution in [0.2, 0.25) is 0 Å². The number of benzene rings is 1. The third-order valence-corrected chi connectivity index (χ3v) is 7.38. The quantitative estimate of drug-likeness (QED) is 0.371. The van der Waals surface area contributed by atoms with Gasteiger partial charge in [0, 0.05) is 36.3 Å². The number of nitrogens with two attached hydrogens (primary N) is 1. The van der Waals surface area contributed by atoms with Gasteiger partial charge in [-0.3, -0.25) is 10.5 Å². The topological polar surface area (TPSA) is 108 Å². The normalized spacial score (nSPS) is 17.1. The van der Waals surface area contributed by atoms with E-state index < -0.39 is 0 Å². The van der Waals surface area contributed by atoms with E-state index in [2.05, 4.69) is 35.9 Å². The lowest BCUT2D eigenvalue weighted by molar-refractivity contribution is -0.723. The van der Waals surface area contributed by atoms with Crippen molar-refractivity contribution in [2.24, 2.45) is 0 Å². The summed E-state index contributed by atoms with van der Waals surface area (Å²) in [5, 5.41) is 9.10. The van der Waals surface area contributed by atoms with E-state index in [0.29, 0.717) is 30.3 Å². The summed E-state index contributed by atoms with van der Waals surface area (Å²) in [6.07, 6.45) is 5.88. The lowest BCUT2D eigenvalue weighted by Gasteiger charge is -2.33. The van der Waals surface area contributed by atoms with Crippen LogP contribution in [0.3, 0.4) is 0 Å². The fourth-order valence-electron chi connectivity index (χ4n) is 5.27. The zero-order chi connectivity index (χ0) is 26.9. The molecule has 1 aliphatic heterocycles. The summed E-state index contributed by atoms with van der Waals surface area (Å²) in [4.78, 5) is 15.9. The minimum absolute atomic E-state index is 0.00747. The van der Waals surface area contributed by atoms with E-state index in [-0.39, 0.29) is 29.8 Å².